The van der Waals surface area contributed by atoms with Crippen molar-refractivity contribution >= 4 is 23.7 Å². The number of aldehydes is 1. The first kappa shape index (κ1) is 21.3. The van der Waals surface area contributed by atoms with Gasteiger partial charge >= 0.3 is 0 Å². The summed E-state index contributed by atoms with van der Waals surface area (Å²) in [6, 6.07) is 3.59. The van der Waals surface area contributed by atoms with Gasteiger partial charge in [0.25, 0.3) is 0 Å². The Morgan fingerprint density at radius 2 is 2.07 bits per heavy atom. The maximum atomic E-state index is 11.8. The van der Waals surface area contributed by atoms with Crippen LogP contribution in [0.3, 0.4) is 0 Å². The smallest absolute Gasteiger partial charge is 0.228 e. The lowest BCUT2D eigenvalue weighted by molar-refractivity contribution is -0.121. The van der Waals surface area contributed by atoms with Crippen molar-refractivity contribution in [2.24, 2.45) is 5.92 Å². The molecule has 2 aromatic rings. The fraction of sp³-hybridized carbons (Fsp3) is 0.400. The number of nitriles is 1. The minimum absolute atomic E-state index is 0.0596. The molecule has 1 aliphatic rings. The van der Waals surface area contributed by atoms with E-state index in [2.05, 4.69) is 25.6 Å². The second kappa shape index (κ2) is 8.52. The van der Waals surface area contributed by atoms with Gasteiger partial charge in [-0.15, -0.1) is 0 Å². The van der Waals surface area contributed by atoms with E-state index in [1.54, 1.807) is 20.2 Å². The zero-order valence-electron chi connectivity index (χ0n) is 17.0. The van der Waals surface area contributed by atoms with Crippen molar-refractivity contribution in [3.63, 3.8) is 0 Å². The molecule has 2 atom stereocenters. The number of amides is 1. The molecule has 0 unspecified atom stereocenters. The Bertz CT molecular complexity index is 971. The van der Waals surface area contributed by atoms with Gasteiger partial charge in [-0.1, -0.05) is 0 Å². The molecule has 3 rings (SSSR count). The van der Waals surface area contributed by atoms with E-state index in [-0.39, 0.29) is 23.2 Å². The van der Waals surface area contributed by atoms with Crippen molar-refractivity contribution in [3.05, 3.63) is 30.4 Å². The number of carbonyl (C=O) groups excluding carboxylic acids is 2. The lowest BCUT2D eigenvalue weighted by atomic mass is 10.0. The number of aromatic nitrogens is 3. The lowest BCUT2D eigenvalue weighted by Gasteiger charge is -2.38. The number of pyridine rings is 1. The van der Waals surface area contributed by atoms with Crippen LogP contribution in [-0.4, -0.2) is 63.0 Å². The van der Waals surface area contributed by atoms with E-state index in [1.165, 1.54) is 30.4 Å². The lowest BCUT2D eigenvalue weighted by Crippen LogP contribution is -2.60. The molecule has 0 spiro atoms. The molecule has 0 bridgehead atoms. The highest BCUT2D eigenvalue weighted by Crippen LogP contribution is 2.30. The molecule has 0 aromatic carbocycles. The topological polar surface area (TPSA) is 144 Å². The summed E-state index contributed by atoms with van der Waals surface area (Å²) in [5.41, 5.74) is -0.0983. The molecule has 1 fully saturated rings. The van der Waals surface area contributed by atoms with E-state index in [4.69, 9.17) is 0 Å². The predicted molar refractivity (Wildman–Crippen MR) is 109 cm³/mol. The summed E-state index contributed by atoms with van der Waals surface area (Å²) >= 11 is 0. The number of aliphatic hydroxyl groups excluding tert-OH is 1. The van der Waals surface area contributed by atoms with Crippen LogP contribution in [0.1, 0.15) is 25.5 Å². The molecule has 10 heteroatoms. The van der Waals surface area contributed by atoms with E-state index in [1.807, 2.05) is 6.07 Å². The number of aliphatic hydroxyl groups is 1. The molecular weight excluding hydrogens is 386 g/mol. The van der Waals surface area contributed by atoms with Crippen LogP contribution in [0.5, 0.6) is 0 Å². The first-order chi connectivity index (χ1) is 14.3. The summed E-state index contributed by atoms with van der Waals surface area (Å²) in [5, 5.41) is 25.3. The van der Waals surface area contributed by atoms with Gasteiger partial charge in [0.2, 0.25) is 5.91 Å². The molecule has 1 aliphatic carbocycles. The average Bonchev–Trinajstić information content (AvgIpc) is 3.57. The van der Waals surface area contributed by atoms with Gasteiger partial charge in [-0.25, -0.2) is 9.97 Å². The number of hydrogen-bond acceptors (Lipinski definition) is 9. The van der Waals surface area contributed by atoms with Crippen LogP contribution in [0.2, 0.25) is 0 Å². The largest absolute Gasteiger partial charge is 0.389 e. The maximum absolute atomic E-state index is 11.8. The zero-order chi connectivity index (χ0) is 21.9. The number of carbonyl (C=O) groups is 2. The summed E-state index contributed by atoms with van der Waals surface area (Å²) in [4.78, 5) is 37.8. The molecule has 156 valence electrons. The van der Waals surface area contributed by atoms with Crippen molar-refractivity contribution in [1.82, 2.24) is 19.9 Å². The quantitative estimate of drug-likeness (QED) is 0.429. The summed E-state index contributed by atoms with van der Waals surface area (Å²) in [7, 11) is 3.27. The highest BCUT2D eigenvalue weighted by Gasteiger charge is 2.38. The molecule has 0 saturated heterocycles. The van der Waals surface area contributed by atoms with Gasteiger partial charge in [-0.05, 0) is 39.9 Å². The summed E-state index contributed by atoms with van der Waals surface area (Å²) in [6.45, 7) is 1.48. The first-order valence-electron chi connectivity index (χ1n) is 9.44. The zero-order valence-corrected chi connectivity index (χ0v) is 17.0. The molecule has 2 aromatic heterocycles. The second-order valence-electron chi connectivity index (χ2n) is 7.42. The highest BCUT2D eigenvalue weighted by atomic mass is 16.3. The van der Waals surface area contributed by atoms with Crippen LogP contribution in [-0.2, 0) is 9.59 Å². The Morgan fingerprint density at radius 1 is 1.33 bits per heavy atom. The Labute approximate surface area is 174 Å². The van der Waals surface area contributed by atoms with Crippen LogP contribution in [0.4, 0.5) is 11.5 Å². The average molecular weight is 409 g/mol. The molecule has 30 heavy (non-hydrogen) atoms. The van der Waals surface area contributed by atoms with Crippen LogP contribution >= 0.6 is 0 Å². The van der Waals surface area contributed by atoms with Crippen LogP contribution in [0, 0.1) is 17.2 Å². The third kappa shape index (κ3) is 4.27. The van der Waals surface area contributed by atoms with Gasteiger partial charge in [-0.2, -0.15) is 5.26 Å². The van der Waals surface area contributed by atoms with Crippen molar-refractivity contribution in [1.29, 1.82) is 5.26 Å². The number of rotatable bonds is 8. The van der Waals surface area contributed by atoms with Crippen LogP contribution in [0.25, 0.3) is 11.3 Å². The fourth-order valence-corrected chi connectivity index (χ4v) is 2.94. The number of likely N-dealkylation sites (N-methyl/N-ethyl adjacent to an activating group) is 1. The molecule has 3 N–H and O–H groups in total. The third-order valence-corrected chi connectivity index (χ3v) is 5.03. The maximum Gasteiger partial charge on any atom is 0.228 e. The molecule has 10 nitrogen and oxygen atoms in total. The van der Waals surface area contributed by atoms with Crippen molar-refractivity contribution in [3.8, 4) is 17.3 Å². The Kier molecular flexibility index (Phi) is 6.05. The number of anilines is 2. The second-order valence-corrected chi connectivity index (χ2v) is 7.42. The van der Waals surface area contributed by atoms with Crippen molar-refractivity contribution < 1.29 is 14.7 Å². The van der Waals surface area contributed by atoms with Gasteiger partial charge in [-0.3, -0.25) is 19.5 Å². The minimum Gasteiger partial charge on any atom is -0.389 e. The monoisotopic (exact) mass is 409 g/mol. The van der Waals surface area contributed by atoms with Gasteiger partial charge in [0.15, 0.2) is 23.5 Å². The molecular formula is C20H23N7O3. The van der Waals surface area contributed by atoms with Crippen molar-refractivity contribution in [2.45, 2.75) is 31.5 Å². The SMILES string of the molecule is C[C@@H](O)[C@](C=O)(Nc1cc(-c2cnc(NC(=O)C3CC3)cn2)cnc1C#N)N(C)C. The number of nitrogens with zero attached hydrogens (tertiary/aromatic N) is 5. The van der Waals surface area contributed by atoms with Crippen LogP contribution < -0.4 is 10.6 Å². The van der Waals surface area contributed by atoms with Gasteiger partial charge in [0.05, 0.1) is 29.9 Å². The Morgan fingerprint density at radius 3 is 2.57 bits per heavy atom. The Hall–Kier alpha value is -3.42. The molecule has 0 radical (unpaired) electrons. The highest BCUT2D eigenvalue weighted by molar-refractivity contribution is 5.93. The van der Waals surface area contributed by atoms with E-state index in [0.29, 0.717) is 23.4 Å². The summed E-state index contributed by atoms with van der Waals surface area (Å²) in [6.07, 6.45) is 5.71. The Balaban J connectivity index is 1.89. The number of nitrogens with one attached hydrogen (secondary N) is 2. The van der Waals surface area contributed by atoms with E-state index < -0.39 is 11.8 Å². The molecule has 1 saturated carbocycles. The van der Waals surface area contributed by atoms with E-state index >= 15 is 0 Å². The fourth-order valence-electron chi connectivity index (χ4n) is 2.94. The van der Waals surface area contributed by atoms with Crippen LogP contribution in [0.15, 0.2) is 24.7 Å². The molecule has 2 heterocycles. The third-order valence-electron chi connectivity index (χ3n) is 5.03. The van der Waals surface area contributed by atoms with Gasteiger partial charge in [0.1, 0.15) is 6.07 Å². The standard InChI is InChI=1S/C20H23N7O3/c1-12(29)20(11-28,27(2)3)26-15-6-14(8-22-16(15)7-21)17-9-24-18(10-23-17)25-19(30)13-4-5-13/h6,8-13,26,29H,4-5H2,1-3H3,(H,24,25,30)/t12-,20-/m1/s1. The van der Waals surface area contributed by atoms with E-state index in [9.17, 15) is 20.0 Å². The van der Waals surface area contributed by atoms with Gasteiger partial charge < -0.3 is 15.7 Å². The molecule has 1 amide bonds. The van der Waals surface area contributed by atoms with Gasteiger partial charge in [0, 0.05) is 17.7 Å². The summed E-state index contributed by atoms with van der Waals surface area (Å²) in [5.74, 6) is 0.361. The normalized spacial score (nSPS) is 16.3. The summed E-state index contributed by atoms with van der Waals surface area (Å²) < 4.78 is 0. The number of hydrogen-bond donors (Lipinski definition) is 3. The first-order valence-corrected chi connectivity index (χ1v) is 9.44. The molecule has 0 aliphatic heterocycles. The van der Waals surface area contributed by atoms with Crippen molar-refractivity contribution in [2.75, 3.05) is 24.7 Å². The predicted octanol–water partition coefficient (Wildman–Crippen LogP) is 1.01. The van der Waals surface area contributed by atoms with E-state index in [0.717, 1.165) is 12.8 Å². The minimum atomic E-state index is -1.45.